The molecular formula is C16H19FN4O2. The Balaban J connectivity index is 2.22. The van der Waals surface area contributed by atoms with E-state index in [1.807, 2.05) is 6.92 Å². The van der Waals surface area contributed by atoms with E-state index < -0.39 is 0 Å². The molecule has 2 aromatic rings. The van der Waals surface area contributed by atoms with Crippen LogP contribution in [0.25, 0.3) is 11.0 Å². The van der Waals surface area contributed by atoms with Crippen LogP contribution in [0.2, 0.25) is 0 Å². The molecule has 6 nitrogen and oxygen atoms in total. The van der Waals surface area contributed by atoms with Crippen LogP contribution >= 0.6 is 0 Å². The number of carbonyl (C=O) groups is 2. The molecule has 1 aromatic heterocycles. The molecule has 0 aliphatic carbocycles. The molecule has 1 heterocycles. The molecule has 1 N–H and O–H groups in total. The van der Waals surface area contributed by atoms with Gasteiger partial charge in [0, 0.05) is 13.1 Å². The molecule has 0 fully saturated rings. The molecule has 0 radical (unpaired) electrons. The normalized spacial score (nSPS) is 10.6. The van der Waals surface area contributed by atoms with E-state index in [0.717, 1.165) is 0 Å². The number of hydrogen-bond acceptors (Lipinski definition) is 3. The summed E-state index contributed by atoms with van der Waals surface area (Å²) in [7, 11) is 0. The SMILES string of the molecule is C=CC(=O)N(CC)CC(=O)Nc1nc2ccc(F)cc2n1CC. The molecule has 1 aromatic carbocycles. The van der Waals surface area contributed by atoms with Crippen LogP contribution in [-0.2, 0) is 16.1 Å². The number of nitrogens with zero attached hydrogens (tertiary/aromatic N) is 3. The molecule has 7 heteroatoms. The van der Waals surface area contributed by atoms with Gasteiger partial charge in [-0.25, -0.2) is 9.37 Å². The fourth-order valence-electron chi connectivity index (χ4n) is 2.32. The summed E-state index contributed by atoms with van der Waals surface area (Å²) in [5.41, 5.74) is 1.20. The van der Waals surface area contributed by atoms with Crippen molar-refractivity contribution in [1.29, 1.82) is 0 Å². The molecule has 0 saturated carbocycles. The predicted molar refractivity (Wildman–Crippen MR) is 86.4 cm³/mol. The van der Waals surface area contributed by atoms with Crippen molar-refractivity contribution in [2.45, 2.75) is 20.4 Å². The van der Waals surface area contributed by atoms with E-state index in [9.17, 15) is 14.0 Å². The van der Waals surface area contributed by atoms with Crippen LogP contribution in [0.3, 0.4) is 0 Å². The molecule has 23 heavy (non-hydrogen) atoms. The quantitative estimate of drug-likeness (QED) is 0.830. The van der Waals surface area contributed by atoms with Crippen molar-refractivity contribution in [3.63, 3.8) is 0 Å². The van der Waals surface area contributed by atoms with Crippen molar-refractivity contribution in [3.8, 4) is 0 Å². The average molecular weight is 318 g/mol. The Morgan fingerprint density at radius 2 is 2.17 bits per heavy atom. The number of amides is 2. The molecule has 0 aliphatic heterocycles. The van der Waals surface area contributed by atoms with E-state index in [0.29, 0.717) is 30.1 Å². The zero-order valence-electron chi connectivity index (χ0n) is 13.2. The van der Waals surface area contributed by atoms with E-state index in [2.05, 4.69) is 16.9 Å². The molecule has 0 spiro atoms. The lowest BCUT2D eigenvalue weighted by Gasteiger charge is -2.18. The number of fused-ring (bicyclic) bond motifs is 1. The first-order valence-electron chi connectivity index (χ1n) is 7.37. The molecule has 2 amide bonds. The maximum atomic E-state index is 13.4. The van der Waals surface area contributed by atoms with Gasteiger partial charge in [-0.2, -0.15) is 0 Å². The Labute approximate surface area is 133 Å². The fourth-order valence-corrected chi connectivity index (χ4v) is 2.32. The van der Waals surface area contributed by atoms with Gasteiger partial charge in [-0.15, -0.1) is 0 Å². The average Bonchev–Trinajstić information content (AvgIpc) is 2.87. The fraction of sp³-hybridized carbons (Fsp3) is 0.312. The van der Waals surface area contributed by atoms with Crippen LogP contribution in [0.4, 0.5) is 10.3 Å². The number of carbonyl (C=O) groups excluding carboxylic acids is 2. The van der Waals surface area contributed by atoms with E-state index in [1.54, 1.807) is 17.6 Å². The van der Waals surface area contributed by atoms with Crippen molar-refractivity contribution in [1.82, 2.24) is 14.5 Å². The topological polar surface area (TPSA) is 67.2 Å². The second-order valence-corrected chi connectivity index (χ2v) is 4.92. The molecule has 0 bridgehead atoms. The Morgan fingerprint density at radius 1 is 1.43 bits per heavy atom. The maximum absolute atomic E-state index is 13.4. The predicted octanol–water partition coefficient (Wildman–Crippen LogP) is 2.17. The molecule has 0 unspecified atom stereocenters. The number of anilines is 1. The number of rotatable bonds is 6. The summed E-state index contributed by atoms with van der Waals surface area (Å²) in [4.78, 5) is 29.4. The summed E-state index contributed by atoms with van der Waals surface area (Å²) < 4.78 is 15.1. The molecule has 2 rings (SSSR count). The van der Waals surface area contributed by atoms with Crippen LogP contribution in [0.5, 0.6) is 0 Å². The van der Waals surface area contributed by atoms with Gasteiger partial charge in [0.15, 0.2) is 0 Å². The molecule has 0 saturated heterocycles. The van der Waals surface area contributed by atoms with Crippen LogP contribution in [0, 0.1) is 5.82 Å². The monoisotopic (exact) mass is 318 g/mol. The number of imidazole rings is 1. The Bertz CT molecular complexity index is 754. The standard InChI is InChI=1S/C16H19FN4O2/c1-4-15(23)20(5-2)10-14(22)19-16-18-12-8-7-11(17)9-13(12)21(16)6-3/h4,7-9H,1,5-6,10H2,2-3H3,(H,18,19,22). The molecular weight excluding hydrogens is 299 g/mol. The zero-order chi connectivity index (χ0) is 17.0. The van der Waals surface area contributed by atoms with Gasteiger partial charge in [-0.3, -0.25) is 14.9 Å². The number of aromatic nitrogens is 2. The van der Waals surface area contributed by atoms with Crippen molar-refractivity contribution in [3.05, 3.63) is 36.7 Å². The van der Waals surface area contributed by atoms with Gasteiger partial charge in [0.2, 0.25) is 17.8 Å². The first kappa shape index (κ1) is 16.7. The lowest BCUT2D eigenvalue weighted by atomic mass is 10.3. The molecule has 122 valence electrons. The third-order valence-electron chi connectivity index (χ3n) is 3.48. The largest absolute Gasteiger partial charge is 0.330 e. The maximum Gasteiger partial charge on any atom is 0.246 e. The number of aryl methyl sites for hydroxylation is 1. The summed E-state index contributed by atoms with van der Waals surface area (Å²) in [6, 6.07) is 4.26. The van der Waals surface area contributed by atoms with Gasteiger partial charge >= 0.3 is 0 Å². The third-order valence-corrected chi connectivity index (χ3v) is 3.48. The van der Waals surface area contributed by atoms with Gasteiger partial charge in [0.1, 0.15) is 12.4 Å². The van der Waals surface area contributed by atoms with Crippen molar-refractivity contribution >= 4 is 28.8 Å². The highest BCUT2D eigenvalue weighted by molar-refractivity contribution is 5.96. The second-order valence-electron chi connectivity index (χ2n) is 4.92. The smallest absolute Gasteiger partial charge is 0.246 e. The van der Waals surface area contributed by atoms with E-state index in [4.69, 9.17) is 0 Å². The van der Waals surface area contributed by atoms with Crippen LogP contribution in [0.15, 0.2) is 30.9 Å². The summed E-state index contributed by atoms with van der Waals surface area (Å²) in [6.45, 7) is 7.89. The van der Waals surface area contributed by atoms with Gasteiger partial charge < -0.3 is 9.47 Å². The number of halogens is 1. The van der Waals surface area contributed by atoms with Gasteiger partial charge in [0.25, 0.3) is 0 Å². The van der Waals surface area contributed by atoms with Crippen LogP contribution in [-0.4, -0.2) is 39.4 Å². The summed E-state index contributed by atoms with van der Waals surface area (Å²) in [5, 5.41) is 2.68. The highest BCUT2D eigenvalue weighted by Gasteiger charge is 2.16. The minimum absolute atomic E-state index is 0.0946. The number of nitrogens with one attached hydrogen (secondary N) is 1. The van der Waals surface area contributed by atoms with Gasteiger partial charge in [-0.05, 0) is 38.1 Å². The van der Waals surface area contributed by atoms with Crippen molar-refractivity contribution < 1.29 is 14.0 Å². The number of likely N-dealkylation sites (N-methyl/N-ethyl adjacent to an activating group) is 1. The van der Waals surface area contributed by atoms with Gasteiger partial charge in [0.05, 0.1) is 11.0 Å². The summed E-state index contributed by atoms with van der Waals surface area (Å²) >= 11 is 0. The van der Waals surface area contributed by atoms with Crippen molar-refractivity contribution in [2.24, 2.45) is 0 Å². The minimum Gasteiger partial charge on any atom is -0.330 e. The zero-order valence-corrected chi connectivity index (χ0v) is 13.2. The number of hydrogen-bond donors (Lipinski definition) is 1. The van der Waals surface area contributed by atoms with Crippen LogP contribution < -0.4 is 5.32 Å². The first-order chi connectivity index (χ1) is 11.0. The lowest BCUT2D eigenvalue weighted by molar-refractivity contribution is -0.130. The first-order valence-corrected chi connectivity index (χ1v) is 7.37. The highest BCUT2D eigenvalue weighted by atomic mass is 19.1. The van der Waals surface area contributed by atoms with E-state index in [1.165, 1.54) is 23.1 Å². The Morgan fingerprint density at radius 3 is 2.78 bits per heavy atom. The summed E-state index contributed by atoms with van der Waals surface area (Å²) in [6.07, 6.45) is 1.17. The third kappa shape index (κ3) is 3.56. The van der Waals surface area contributed by atoms with Crippen molar-refractivity contribution in [2.75, 3.05) is 18.4 Å². The molecule has 0 atom stereocenters. The highest BCUT2D eigenvalue weighted by Crippen LogP contribution is 2.20. The Hall–Kier alpha value is -2.70. The van der Waals surface area contributed by atoms with Crippen LogP contribution in [0.1, 0.15) is 13.8 Å². The second kappa shape index (κ2) is 7.04. The Kier molecular flexibility index (Phi) is 5.10. The lowest BCUT2D eigenvalue weighted by Crippen LogP contribution is -2.37. The van der Waals surface area contributed by atoms with E-state index in [-0.39, 0.29) is 24.2 Å². The minimum atomic E-state index is -0.368. The summed E-state index contributed by atoms with van der Waals surface area (Å²) in [5.74, 6) is -0.708. The molecule has 0 aliphatic rings. The van der Waals surface area contributed by atoms with Gasteiger partial charge in [-0.1, -0.05) is 6.58 Å². The number of benzene rings is 1. The van der Waals surface area contributed by atoms with E-state index >= 15 is 0 Å².